The number of benzene rings is 1. The van der Waals surface area contributed by atoms with Crippen LogP contribution in [0, 0.1) is 0 Å². The van der Waals surface area contributed by atoms with E-state index in [1.807, 2.05) is 0 Å². The Labute approximate surface area is 119 Å². The van der Waals surface area contributed by atoms with E-state index in [1.165, 1.54) is 4.90 Å². The minimum absolute atomic E-state index is 0.0290. The van der Waals surface area contributed by atoms with Gasteiger partial charge in [-0.1, -0.05) is 18.2 Å². The van der Waals surface area contributed by atoms with Gasteiger partial charge < -0.3 is 15.5 Å². The molecule has 1 aliphatic heterocycles. The normalized spacial score (nSPS) is 15.4. The number of carbonyl (C=O) groups is 2. The van der Waals surface area contributed by atoms with Crippen LogP contribution in [0.1, 0.15) is 5.56 Å². The number of alkyl halides is 3. The number of fused-ring (bicyclic) bond motifs is 1. The van der Waals surface area contributed by atoms with Crippen LogP contribution in [0.4, 0.5) is 18.9 Å². The lowest BCUT2D eigenvalue weighted by Crippen LogP contribution is -2.45. The molecule has 0 radical (unpaired) electrons. The molecule has 0 unspecified atom stereocenters. The first-order valence-electron chi connectivity index (χ1n) is 6.29. The minimum atomic E-state index is -4.47. The van der Waals surface area contributed by atoms with Crippen LogP contribution in [-0.4, -0.2) is 37.6 Å². The van der Waals surface area contributed by atoms with Crippen LogP contribution in [0.2, 0.25) is 0 Å². The third-order valence-electron chi connectivity index (χ3n) is 2.96. The number of halogens is 3. The highest BCUT2D eigenvalue weighted by Gasteiger charge is 2.29. The van der Waals surface area contributed by atoms with Gasteiger partial charge in [-0.05, 0) is 11.6 Å². The molecule has 0 bridgehead atoms. The summed E-state index contributed by atoms with van der Waals surface area (Å²) in [5.41, 5.74) is 1.35. The van der Waals surface area contributed by atoms with Gasteiger partial charge in [0.05, 0.1) is 6.54 Å². The smallest absolute Gasteiger partial charge is 0.345 e. The summed E-state index contributed by atoms with van der Waals surface area (Å²) in [6.45, 7) is -1.36. The van der Waals surface area contributed by atoms with Crippen molar-refractivity contribution in [2.24, 2.45) is 0 Å². The molecule has 21 heavy (non-hydrogen) atoms. The molecule has 1 aromatic carbocycles. The summed E-state index contributed by atoms with van der Waals surface area (Å²) in [6.07, 6.45) is -4.47. The van der Waals surface area contributed by atoms with Crippen molar-refractivity contribution in [2.45, 2.75) is 12.7 Å². The quantitative estimate of drug-likeness (QED) is 0.868. The lowest BCUT2D eigenvalue weighted by atomic mass is 10.1. The number of anilines is 1. The van der Waals surface area contributed by atoms with Crippen molar-refractivity contribution in [3.05, 3.63) is 29.8 Å². The number of nitrogens with zero attached hydrogens (tertiary/aromatic N) is 1. The second kappa shape index (κ2) is 6.13. The summed E-state index contributed by atoms with van der Waals surface area (Å²) < 4.78 is 36.2. The van der Waals surface area contributed by atoms with Crippen molar-refractivity contribution >= 4 is 17.5 Å². The molecule has 0 spiro atoms. The van der Waals surface area contributed by atoms with Crippen LogP contribution < -0.4 is 15.5 Å². The van der Waals surface area contributed by atoms with E-state index >= 15 is 0 Å². The maximum absolute atomic E-state index is 12.1. The molecule has 114 valence electrons. The molecule has 2 rings (SSSR count). The van der Waals surface area contributed by atoms with E-state index < -0.39 is 25.2 Å². The third-order valence-corrected chi connectivity index (χ3v) is 2.96. The lowest BCUT2D eigenvalue weighted by Gasteiger charge is -2.22. The Bertz CT molecular complexity index is 546. The number of para-hydroxylation sites is 1. The van der Waals surface area contributed by atoms with E-state index in [2.05, 4.69) is 5.32 Å². The zero-order valence-corrected chi connectivity index (χ0v) is 11.0. The highest BCUT2D eigenvalue weighted by atomic mass is 19.4. The molecule has 1 aliphatic rings. The summed E-state index contributed by atoms with van der Waals surface area (Å²) >= 11 is 0. The molecule has 1 aromatic rings. The van der Waals surface area contributed by atoms with Crippen LogP contribution >= 0.6 is 0 Å². The zero-order valence-electron chi connectivity index (χ0n) is 11.0. The van der Waals surface area contributed by atoms with Crippen LogP contribution in [-0.2, 0) is 16.1 Å². The summed E-state index contributed by atoms with van der Waals surface area (Å²) in [7, 11) is 0. The number of hydrogen-bond donors (Lipinski definition) is 2. The Morgan fingerprint density at radius 2 is 2.00 bits per heavy atom. The van der Waals surface area contributed by atoms with Crippen molar-refractivity contribution in [1.29, 1.82) is 0 Å². The maximum Gasteiger partial charge on any atom is 0.405 e. The molecule has 2 N–H and O–H groups in total. The van der Waals surface area contributed by atoms with Gasteiger partial charge in [-0.25, -0.2) is 0 Å². The summed E-state index contributed by atoms with van der Waals surface area (Å²) in [5, 5.41) is 4.67. The summed E-state index contributed by atoms with van der Waals surface area (Å²) in [5.74, 6) is -1.21. The Morgan fingerprint density at radius 1 is 1.29 bits per heavy atom. The van der Waals surface area contributed by atoms with E-state index in [4.69, 9.17) is 0 Å². The van der Waals surface area contributed by atoms with Crippen molar-refractivity contribution in [2.75, 3.05) is 24.5 Å². The molecule has 1 heterocycles. The Balaban J connectivity index is 2.10. The van der Waals surface area contributed by atoms with Crippen LogP contribution in [0.5, 0.6) is 0 Å². The van der Waals surface area contributed by atoms with E-state index in [1.54, 1.807) is 29.6 Å². The first-order valence-corrected chi connectivity index (χ1v) is 6.29. The van der Waals surface area contributed by atoms with Gasteiger partial charge in [-0.15, -0.1) is 0 Å². The van der Waals surface area contributed by atoms with Gasteiger partial charge in [0.1, 0.15) is 13.1 Å². The molecule has 8 heteroatoms. The number of hydrogen-bond acceptors (Lipinski definition) is 3. The lowest BCUT2D eigenvalue weighted by molar-refractivity contribution is -0.137. The van der Waals surface area contributed by atoms with Gasteiger partial charge in [0.25, 0.3) is 0 Å². The van der Waals surface area contributed by atoms with Crippen molar-refractivity contribution in [1.82, 2.24) is 10.6 Å². The van der Waals surface area contributed by atoms with Crippen LogP contribution in [0.3, 0.4) is 0 Å². The van der Waals surface area contributed by atoms with Crippen molar-refractivity contribution in [3.8, 4) is 0 Å². The number of rotatable bonds is 3. The van der Waals surface area contributed by atoms with Gasteiger partial charge in [-0.2, -0.15) is 13.2 Å². The standard InChI is InChI=1S/C13H14F3N3O2/c14-13(15,16)8-18-11(20)7-19-10-4-2-1-3-9(10)5-17-6-12(19)21/h1-4,17H,5-8H2,(H,18,20). The Kier molecular flexibility index (Phi) is 4.46. The molecule has 0 saturated heterocycles. The molecule has 0 saturated carbocycles. The molecule has 0 fully saturated rings. The van der Waals surface area contributed by atoms with Crippen molar-refractivity contribution < 1.29 is 22.8 Å². The largest absolute Gasteiger partial charge is 0.405 e. The molecule has 0 aromatic heterocycles. The Hall–Kier alpha value is -2.09. The molecular weight excluding hydrogens is 287 g/mol. The topological polar surface area (TPSA) is 61.4 Å². The fourth-order valence-electron chi connectivity index (χ4n) is 2.03. The summed E-state index contributed by atoms with van der Waals surface area (Å²) in [4.78, 5) is 24.8. The van der Waals surface area contributed by atoms with Gasteiger partial charge in [0.2, 0.25) is 11.8 Å². The fourth-order valence-corrected chi connectivity index (χ4v) is 2.03. The number of amides is 2. The average molecular weight is 301 g/mol. The van der Waals surface area contributed by atoms with E-state index in [9.17, 15) is 22.8 Å². The highest BCUT2D eigenvalue weighted by molar-refractivity contribution is 6.00. The van der Waals surface area contributed by atoms with Gasteiger partial charge >= 0.3 is 6.18 Å². The molecule has 5 nitrogen and oxygen atoms in total. The number of nitrogens with one attached hydrogen (secondary N) is 2. The fraction of sp³-hybridized carbons (Fsp3) is 0.385. The van der Waals surface area contributed by atoms with Gasteiger partial charge in [0.15, 0.2) is 0 Å². The monoisotopic (exact) mass is 301 g/mol. The minimum Gasteiger partial charge on any atom is -0.345 e. The molecule has 2 amide bonds. The van der Waals surface area contributed by atoms with Crippen LogP contribution in [0.15, 0.2) is 24.3 Å². The van der Waals surface area contributed by atoms with Crippen LogP contribution in [0.25, 0.3) is 0 Å². The molecule has 0 aliphatic carbocycles. The predicted molar refractivity (Wildman–Crippen MR) is 69.6 cm³/mol. The second-order valence-corrected chi connectivity index (χ2v) is 4.60. The first-order chi connectivity index (χ1) is 9.87. The molecular formula is C13H14F3N3O2. The van der Waals surface area contributed by atoms with E-state index in [0.29, 0.717) is 12.2 Å². The maximum atomic E-state index is 12.1. The first kappa shape index (κ1) is 15.3. The highest BCUT2D eigenvalue weighted by Crippen LogP contribution is 2.22. The van der Waals surface area contributed by atoms with Crippen molar-refractivity contribution in [3.63, 3.8) is 0 Å². The summed E-state index contributed by atoms with van der Waals surface area (Å²) in [6, 6.07) is 6.95. The van der Waals surface area contributed by atoms with Gasteiger partial charge in [-0.3, -0.25) is 9.59 Å². The molecule has 0 atom stereocenters. The third kappa shape index (κ3) is 4.19. The Morgan fingerprint density at radius 3 is 2.71 bits per heavy atom. The van der Waals surface area contributed by atoms with E-state index in [0.717, 1.165) is 5.56 Å². The SMILES string of the molecule is O=C(CN1C(=O)CNCc2ccccc21)NCC(F)(F)F. The number of carbonyl (C=O) groups excluding carboxylic acids is 2. The predicted octanol–water partition coefficient (Wildman–Crippen LogP) is 0.801. The van der Waals surface area contributed by atoms with E-state index in [-0.39, 0.29) is 12.5 Å². The zero-order chi connectivity index (χ0) is 15.5. The van der Waals surface area contributed by atoms with Gasteiger partial charge in [0, 0.05) is 12.2 Å². The second-order valence-electron chi connectivity index (χ2n) is 4.60. The average Bonchev–Trinajstić information content (AvgIpc) is 2.56.